The van der Waals surface area contributed by atoms with Crippen LogP contribution in [0.25, 0.3) is 11.0 Å². The molecule has 19 heavy (non-hydrogen) atoms. The van der Waals surface area contributed by atoms with Crippen molar-refractivity contribution in [1.29, 1.82) is 0 Å². The molecule has 4 heteroatoms. The zero-order chi connectivity index (χ0) is 13.1. The smallest absolute Gasteiger partial charge is 0.338 e. The molecule has 1 saturated heterocycles. The molecule has 1 aromatic heterocycles. The largest absolute Gasteiger partial charge is 0.423 e. The highest BCUT2D eigenvalue weighted by Crippen LogP contribution is 2.20. The Labute approximate surface area is 112 Å². The van der Waals surface area contributed by atoms with E-state index in [-0.39, 0.29) is 5.63 Å². The summed E-state index contributed by atoms with van der Waals surface area (Å²) >= 11 is 0. The van der Waals surface area contributed by atoms with Gasteiger partial charge in [-0.05, 0) is 38.1 Å². The summed E-state index contributed by atoms with van der Waals surface area (Å²) in [6.07, 6.45) is 2.61. The maximum absolute atomic E-state index is 11.5. The molecule has 1 aromatic carbocycles. The Kier molecular flexibility index (Phi) is 3.51. The number of anilines is 1. The first-order valence-electron chi connectivity index (χ1n) is 6.82. The van der Waals surface area contributed by atoms with E-state index in [0.29, 0.717) is 5.58 Å². The first-order chi connectivity index (χ1) is 9.33. The van der Waals surface area contributed by atoms with Crippen LogP contribution < -0.4 is 10.9 Å². The molecule has 0 radical (unpaired) electrons. The molecule has 2 heterocycles. The Balaban J connectivity index is 1.74. The summed E-state index contributed by atoms with van der Waals surface area (Å²) < 4.78 is 5.18. The van der Waals surface area contributed by atoms with Crippen molar-refractivity contribution in [2.45, 2.75) is 12.8 Å². The van der Waals surface area contributed by atoms with Gasteiger partial charge in [0, 0.05) is 24.5 Å². The minimum atomic E-state index is -0.303. The van der Waals surface area contributed by atoms with Crippen molar-refractivity contribution in [2.24, 2.45) is 0 Å². The molecule has 100 valence electrons. The van der Waals surface area contributed by atoms with E-state index in [1.165, 1.54) is 32.0 Å². The SMILES string of the molecule is O=c1cc(NCCN2CCCC2)c2ccccc2o1. The zero-order valence-electron chi connectivity index (χ0n) is 10.9. The maximum atomic E-state index is 11.5. The van der Waals surface area contributed by atoms with Crippen LogP contribution in [0.1, 0.15) is 12.8 Å². The van der Waals surface area contributed by atoms with Crippen LogP contribution >= 0.6 is 0 Å². The monoisotopic (exact) mass is 258 g/mol. The number of rotatable bonds is 4. The molecule has 0 saturated carbocycles. The van der Waals surface area contributed by atoms with Crippen LogP contribution in [0.15, 0.2) is 39.5 Å². The van der Waals surface area contributed by atoms with Gasteiger partial charge in [-0.1, -0.05) is 12.1 Å². The molecular weight excluding hydrogens is 240 g/mol. The third kappa shape index (κ3) is 2.79. The fourth-order valence-electron chi connectivity index (χ4n) is 2.61. The lowest BCUT2D eigenvalue weighted by Gasteiger charge is -2.15. The van der Waals surface area contributed by atoms with E-state index in [1.54, 1.807) is 0 Å². The van der Waals surface area contributed by atoms with Gasteiger partial charge in [0.05, 0.1) is 5.69 Å². The normalized spacial score (nSPS) is 16.0. The molecule has 1 aliphatic heterocycles. The van der Waals surface area contributed by atoms with Crippen molar-refractivity contribution >= 4 is 16.7 Å². The van der Waals surface area contributed by atoms with Gasteiger partial charge in [-0.2, -0.15) is 0 Å². The molecule has 0 spiro atoms. The highest BCUT2D eigenvalue weighted by Gasteiger charge is 2.11. The van der Waals surface area contributed by atoms with E-state index >= 15 is 0 Å². The highest BCUT2D eigenvalue weighted by atomic mass is 16.4. The second kappa shape index (κ2) is 5.45. The average Bonchev–Trinajstić information content (AvgIpc) is 2.91. The lowest BCUT2D eigenvalue weighted by Crippen LogP contribution is -2.26. The van der Waals surface area contributed by atoms with Crippen molar-refractivity contribution in [2.75, 3.05) is 31.5 Å². The van der Waals surface area contributed by atoms with Gasteiger partial charge < -0.3 is 14.6 Å². The Morgan fingerprint density at radius 1 is 1.21 bits per heavy atom. The molecule has 2 aromatic rings. The van der Waals surface area contributed by atoms with Crippen LogP contribution in [0.3, 0.4) is 0 Å². The van der Waals surface area contributed by atoms with Crippen molar-refractivity contribution in [3.63, 3.8) is 0 Å². The maximum Gasteiger partial charge on any atom is 0.338 e. The summed E-state index contributed by atoms with van der Waals surface area (Å²) in [7, 11) is 0. The number of fused-ring (bicyclic) bond motifs is 1. The lowest BCUT2D eigenvalue weighted by molar-refractivity contribution is 0.352. The minimum absolute atomic E-state index is 0.303. The van der Waals surface area contributed by atoms with E-state index in [9.17, 15) is 4.79 Å². The summed E-state index contributed by atoms with van der Waals surface area (Å²) in [5.74, 6) is 0. The summed E-state index contributed by atoms with van der Waals surface area (Å²) in [5, 5.41) is 4.32. The van der Waals surface area contributed by atoms with Crippen LogP contribution in [0.5, 0.6) is 0 Å². The standard InChI is InChI=1S/C15H18N2O2/c18-15-11-13(12-5-1-2-6-14(12)19-15)16-7-10-17-8-3-4-9-17/h1-2,5-6,11,16H,3-4,7-10H2. The van der Waals surface area contributed by atoms with Gasteiger partial charge in [0.2, 0.25) is 0 Å². The van der Waals surface area contributed by atoms with Crippen molar-refractivity contribution in [3.8, 4) is 0 Å². The first-order valence-corrected chi connectivity index (χ1v) is 6.82. The molecule has 0 amide bonds. The van der Waals surface area contributed by atoms with E-state index in [2.05, 4.69) is 10.2 Å². The first kappa shape index (κ1) is 12.2. The topological polar surface area (TPSA) is 45.5 Å². The van der Waals surface area contributed by atoms with Crippen LogP contribution in [0, 0.1) is 0 Å². The van der Waals surface area contributed by atoms with Gasteiger partial charge in [-0.25, -0.2) is 4.79 Å². The number of hydrogen-bond donors (Lipinski definition) is 1. The van der Waals surface area contributed by atoms with Gasteiger partial charge in [0.25, 0.3) is 0 Å². The molecule has 0 aliphatic carbocycles. The Hall–Kier alpha value is -1.81. The Morgan fingerprint density at radius 3 is 2.84 bits per heavy atom. The number of likely N-dealkylation sites (tertiary alicyclic amines) is 1. The Bertz CT molecular complexity index is 615. The molecule has 1 N–H and O–H groups in total. The van der Waals surface area contributed by atoms with Crippen LogP contribution in [-0.2, 0) is 0 Å². The molecule has 1 fully saturated rings. The molecule has 3 rings (SSSR count). The summed E-state index contributed by atoms with van der Waals surface area (Å²) in [5.41, 5.74) is 1.20. The molecule has 1 aliphatic rings. The molecule has 0 atom stereocenters. The van der Waals surface area contributed by atoms with Crippen LogP contribution in [0.2, 0.25) is 0 Å². The summed E-state index contributed by atoms with van der Waals surface area (Å²) in [6.45, 7) is 4.26. The van der Waals surface area contributed by atoms with Gasteiger partial charge in [-0.3, -0.25) is 0 Å². The predicted octanol–water partition coefficient (Wildman–Crippen LogP) is 2.30. The second-order valence-corrected chi connectivity index (χ2v) is 4.95. The summed E-state index contributed by atoms with van der Waals surface area (Å²) in [4.78, 5) is 14.0. The molecular formula is C15H18N2O2. The third-order valence-corrected chi connectivity index (χ3v) is 3.59. The average molecular weight is 258 g/mol. The van der Waals surface area contributed by atoms with Crippen LogP contribution in [0.4, 0.5) is 5.69 Å². The number of para-hydroxylation sites is 1. The van der Waals surface area contributed by atoms with E-state index < -0.39 is 0 Å². The molecule has 0 bridgehead atoms. The van der Waals surface area contributed by atoms with Crippen molar-refractivity contribution in [1.82, 2.24) is 4.90 Å². The van der Waals surface area contributed by atoms with E-state index in [1.807, 2.05) is 24.3 Å². The van der Waals surface area contributed by atoms with Gasteiger partial charge in [0.1, 0.15) is 5.58 Å². The Morgan fingerprint density at radius 2 is 2.00 bits per heavy atom. The number of hydrogen-bond acceptors (Lipinski definition) is 4. The quantitative estimate of drug-likeness (QED) is 0.855. The summed E-state index contributed by atoms with van der Waals surface area (Å²) in [6, 6.07) is 9.15. The number of nitrogens with zero attached hydrogens (tertiary/aromatic N) is 1. The van der Waals surface area contributed by atoms with Gasteiger partial charge in [-0.15, -0.1) is 0 Å². The fraction of sp³-hybridized carbons (Fsp3) is 0.400. The number of nitrogens with one attached hydrogen (secondary N) is 1. The van der Waals surface area contributed by atoms with Crippen LogP contribution in [-0.4, -0.2) is 31.1 Å². The zero-order valence-corrected chi connectivity index (χ0v) is 10.9. The molecule has 0 unspecified atom stereocenters. The number of benzene rings is 1. The second-order valence-electron chi connectivity index (χ2n) is 4.95. The minimum Gasteiger partial charge on any atom is -0.423 e. The third-order valence-electron chi connectivity index (χ3n) is 3.59. The van der Waals surface area contributed by atoms with E-state index in [4.69, 9.17) is 4.42 Å². The van der Waals surface area contributed by atoms with E-state index in [0.717, 1.165) is 24.2 Å². The highest BCUT2D eigenvalue weighted by molar-refractivity contribution is 5.89. The molecule has 4 nitrogen and oxygen atoms in total. The van der Waals surface area contributed by atoms with Gasteiger partial charge in [0.15, 0.2) is 0 Å². The fourth-order valence-corrected chi connectivity index (χ4v) is 2.61. The van der Waals surface area contributed by atoms with Crippen molar-refractivity contribution < 1.29 is 4.42 Å². The van der Waals surface area contributed by atoms with Crippen molar-refractivity contribution in [3.05, 3.63) is 40.8 Å². The lowest BCUT2D eigenvalue weighted by atomic mass is 10.2. The van der Waals surface area contributed by atoms with Gasteiger partial charge >= 0.3 is 5.63 Å². The predicted molar refractivity (Wildman–Crippen MR) is 76.6 cm³/mol.